The van der Waals surface area contributed by atoms with Crippen LogP contribution in [-0.4, -0.2) is 48.6 Å². The highest BCUT2D eigenvalue weighted by atomic mass is 35.5. The fourth-order valence-electron chi connectivity index (χ4n) is 5.23. The summed E-state index contributed by atoms with van der Waals surface area (Å²) in [6.45, 7) is 2.06. The topological polar surface area (TPSA) is 90.3 Å². The Kier molecular flexibility index (Phi) is 6.46. The Morgan fingerprint density at radius 2 is 1.94 bits per heavy atom. The van der Waals surface area contributed by atoms with Crippen molar-refractivity contribution in [3.8, 4) is 11.1 Å². The summed E-state index contributed by atoms with van der Waals surface area (Å²) in [6.07, 6.45) is 13.0. The van der Waals surface area contributed by atoms with Crippen molar-refractivity contribution in [3.63, 3.8) is 0 Å². The van der Waals surface area contributed by atoms with Crippen LogP contribution < -0.4 is 15.5 Å². The minimum absolute atomic E-state index is 0.326. The van der Waals surface area contributed by atoms with Crippen LogP contribution in [0.25, 0.3) is 16.7 Å². The molecule has 2 aliphatic heterocycles. The number of anilines is 1. The molecule has 3 aliphatic rings. The number of aromatic nitrogens is 1. The summed E-state index contributed by atoms with van der Waals surface area (Å²) in [4.78, 5) is 18.2. The standard InChI is InChI=1S/C26H30ClN5O2/c27-23-16-29-15-22(24(23)32-11-9-26(10-12-32)17-31-25(33)34-26)19-7-5-18(6-8-19)20(13-28)14-30-21-3-1-2-4-21/h5-8,13-16,21,28,30H,1-4,9-12,17H2,(H,31,33)/b20-14+,28-13?. The lowest BCUT2D eigenvalue weighted by atomic mass is 9.91. The number of carbonyl (C=O) groups is 1. The molecule has 0 bridgehead atoms. The van der Waals surface area contributed by atoms with Crippen LogP contribution in [0.1, 0.15) is 44.1 Å². The first-order valence-electron chi connectivity index (χ1n) is 12.0. The van der Waals surface area contributed by atoms with Gasteiger partial charge in [-0.2, -0.15) is 0 Å². The Hall–Kier alpha value is -3.06. The van der Waals surface area contributed by atoms with Crippen LogP contribution in [0.15, 0.2) is 42.9 Å². The van der Waals surface area contributed by atoms with Crippen molar-refractivity contribution in [2.75, 3.05) is 24.5 Å². The number of nitrogens with zero attached hydrogens (tertiary/aromatic N) is 2. The third-order valence-corrected chi connectivity index (χ3v) is 7.52. The number of nitrogens with one attached hydrogen (secondary N) is 3. The number of benzene rings is 1. The number of hydrogen-bond acceptors (Lipinski definition) is 6. The van der Waals surface area contributed by atoms with E-state index in [9.17, 15) is 4.79 Å². The molecule has 0 unspecified atom stereocenters. The molecule has 34 heavy (non-hydrogen) atoms. The first kappa shape index (κ1) is 22.7. The van der Waals surface area contributed by atoms with Gasteiger partial charge in [0.05, 0.1) is 17.3 Å². The first-order chi connectivity index (χ1) is 16.6. The summed E-state index contributed by atoms with van der Waals surface area (Å²) < 4.78 is 5.57. The number of hydrogen-bond donors (Lipinski definition) is 3. The van der Waals surface area contributed by atoms with E-state index in [1.165, 1.54) is 31.9 Å². The van der Waals surface area contributed by atoms with Crippen LogP contribution in [0.4, 0.5) is 10.5 Å². The molecule has 1 aliphatic carbocycles. The molecule has 1 aromatic carbocycles. The van der Waals surface area contributed by atoms with Crippen molar-refractivity contribution in [1.29, 1.82) is 5.41 Å². The largest absolute Gasteiger partial charge is 0.441 e. The number of allylic oxidation sites excluding steroid dienone is 1. The number of amides is 1. The van der Waals surface area contributed by atoms with Gasteiger partial charge in [0.15, 0.2) is 0 Å². The molecule has 1 aromatic heterocycles. The van der Waals surface area contributed by atoms with Gasteiger partial charge >= 0.3 is 6.09 Å². The van der Waals surface area contributed by atoms with Crippen molar-refractivity contribution in [2.45, 2.75) is 50.2 Å². The molecular weight excluding hydrogens is 450 g/mol. The molecule has 3 N–H and O–H groups in total. The molecular formula is C26H30ClN5O2. The van der Waals surface area contributed by atoms with E-state index in [2.05, 4.69) is 32.7 Å². The molecule has 1 spiro atoms. The van der Waals surface area contributed by atoms with Crippen molar-refractivity contribution in [1.82, 2.24) is 15.6 Å². The van der Waals surface area contributed by atoms with E-state index in [1.54, 1.807) is 6.20 Å². The van der Waals surface area contributed by atoms with E-state index < -0.39 is 5.60 Å². The minimum atomic E-state index is -0.406. The quantitative estimate of drug-likeness (QED) is 0.507. The Labute approximate surface area is 205 Å². The lowest BCUT2D eigenvalue weighted by molar-refractivity contribution is 0.0367. The minimum Gasteiger partial charge on any atom is -0.441 e. The maximum absolute atomic E-state index is 11.6. The van der Waals surface area contributed by atoms with Crippen LogP contribution in [0.5, 0.6) is 0 Å². The molecule has 3 heterocycles. The van der Waals surface area contributed by atoms with E-state index in [-0.39, 0.29) is 6.09 Å². The van der Waals surface area contributed by atoms with Gasteiger partial charge in [-0.15, -0.1) is 0 Å². The second kappa shape index (κ2) is 9.66. The SMILES string of the molecule is N=C/C(=C\NC1CCCC1)c1ccc(-c2cncc(Cl)c2N2CCC3(CC2)CNC(=O)O3)cc1. The summed E-state index contributed by atoms with van der Waals surface area (Å²) in [5, 5.41) is 14.7. The summed E-state index contributed by atoms with van der Waals surface area (Å²) in [6, 6.07) is 8.73. The van der Waals surface area contributed by atoms with Crippen molar-refractivity contribution >= 4 is 35.2 Å². The van der Waals surface area contributed by atoms with E-state index in [0.717, 1.165) is 53.9 Å². The zero-order valence-corrected chi connectivity index (χ0v) is 19.9. The van der Waals surface area contributed by atoms with Crippen LogP contribution in [0, 0.1) is 5.41 Å². The Morgan fingerprint density at radius 1 is 1.21 bits per heavy atom. The highest BCUT2D eigenvalue weighted by molar-refractivity contribution is 6.33. The van der Waals surface area contributed by atoms with Gasteiger partial charge in [0.1, 0.15) is 5.60 Å². The van der Waals surface area contributed by atoms with Gasteiger partial charge in [-0.05, 0) is 24.0 Å². The van der Waals surface area contributed by atoms with Gasteiger partial charge in [-0.3, -0.25) is 4.98 Å². The molecule has 1 saturated carbocycles. The van der Waals surface area contributed by atoms with Crippen LogP contribution >= 0.6 is 11.6 Å². The molecule has 2 aromatic rings. The van der Waals surface area contributed by atoms with Crippen molar-refractivity contribution in [2.24, 2.45) is 0 Å². The Morgan fingerprint density at radius 3 is 2.59 bits per heavy atom. The molecule has 0 atom stereocenters. The number of rotatable bonds is 6. The number of ether oxygens (including phenoxy) is 1. The molecule has 5 rings (SSSR count). The van der Waals surface area contributed by atoms with Gasteiger partial charge in [-0.25, -0.2) is 4.79 Å². The van der Waals surface area contributed by atoms with Gasteiger partial charge in [0, 0.05) is 67.9 Å². The lowest BCUT2D eigenvalue weighted by Crippen LogP contribution is -2.46. The summed E-state index contributed by atoms with van der Waals surface area (Å²) in [5.41, 5.74) is 4.41. The number of alkyl carbamates (subject to hydrolysis) is 1. The molecule has 1 amide bonds. The monoisotopic (exact) mass is 479 g/mol. The maximum Gasteiger partial charge on any atom is 0.407 e. The maximum atomic E-state index is 11.6. The fourth-order valence-corrected chi connectivity index (χ4v) is 5.51. The van der Waals surface area contributed by atoms with Crippen LogP contribution in [0.2, 0.25) is 5.02 Å². The first-order valence-corrected chi connectivity index (χ1v) is 12.4. The smallest absolute Gasteiger partial charge is 0.407 e. The van der Waals surface area contributed by atoms with Crippen molar-refractivity contribution < 1.29 is 9.53 Å². The predicted molar refractivity (Wildman–Crippen MR) is 135 cm³/mol. The van der Waals surface area contributed by atoms with E-state index in [4.69, 9.17) is 21.7 Å². The molecule has 3 fully saturated rings. The highest BCUT2D eigenvalue weighted by Gasteiger charge is 2.43. The average Bonchev–Trinajstić information content (AvgIpc) is 3.50. The van der Waals surface area contributed by atoms with Gasteiger partial charge < -0.3 is 25.7 Å². The summed E-state index contributed by atoms with van der Waals surface area (Å²) in [7, 11) is 0. The van der Waals surface area contributed by atoms with Crippen molar-refractivity contribution in [3.05, 3.63) is 53.4 Å². The highest BCUT2D eigenvalue weighted by Crippen LogP contribution is 2.40. The predicted octanol–water partition coefficient (Wildman–Crippen LogP) is 5.00. The fraction of sp³-hybridized carbons (Fsp3) is 0.423. The van der Waals surface area contributed by atoms with Crippen LogP contribution in [-0.2, 0) is 4.74 Å². The molecule has 8 heteroatoms. The molecule has 0 radical (unpaired) electrons. The lowest BCUT2D eigenvalue weighted by Gasteiger charge is -2.39. The second-order valence-electron chi connectivity index (χ2n) is 9.40. The zero-order valence-electron chi connectivity index (χ0n) is 19.1. The molecule has 178 valence electrons. The third kappa shape index (κ3) is 4.62. The number of carbonyl (C=O) groups excluding carboxylic acids is 1. The van der Waals surface area contributed by atoms with Gasteiger partial charge in [0.25, 0.3) is 0 Å². The number of pyridine rings is 1. The number of halogens is 1. The van der Waals surface area contributed by atoms with Crippen LogP contribution in [0.3, 0.4) is 0 Å². The second-order valence-corrected chi connectivity index (χ2v) is 9.81. The zero-order chi connectivity index (χ0) is 23.5. The number of piperidine rings is 1. The van der Waals surface area contributed by atoms with E-state index in [1.807, 2.05) is 24.5 Å². The molecule has 7 nitrogen and oxygen atoms in total. The normalized spacial score (nSPS) is 20.3. The van der Waals surface area contributed by atoms with E-state index >= 15 is 0 Å². The Bertz CT molecular complexity index is 1090. The Balaban J connectivity index is 1.35. The summed E-state index contributed by atoms with van der Waals surface area (Å²) in [5.74, 6) is 0. The van der Waals surface area contributed by atoms with Gasteiger partial charge in [0.2, 0.25) is 0 Å². The third-order valence-electron chi connectivity index (χ3n) is 7.24. The molecule has 2 saturated heterocycles. The van der Waals surface area contributed by atoms with E-state index in [0.29, 0.717) is 17.6 Å². The van der Waals surface area contributed by atoms with Gasteiger partial charge in [-0.1, -0.05) is 48.7 Å². The average molecular weight is 480 g/mol. The summed E-state index contributed by atoms with van der Waals surface area (Å²) >= 11 is 6.65.